The van der Waals surface area contributed by atoms with E-state index in [1.807, 2.05) is 20.8 Å². The summed E-state index contributed by atoms with van der Waals surface area (Å²) in [4.78, 5) is 0.223. The van der Waals surface area contributed by atoms with Gasteiger partial charge in [-0.15, -0.1) is 0 Å². The van der Waals surface area contributed by atoms with E-state index in [2.05, 4.69) is 11.3 Å². The summed E-state index contributed by atoms with van der Waals surface area (Å²) in [6, 6.07) is 0. The fraction of sp³-hybridized carbons (Fsp3) is 0.538. The van der Waals surface area contributed by atoms with Gasteiger partial charge in [-0.3, -0.25) is 0 Å². The van der Waals surface area contributed by atoms with Gasteiger partial charge in [0.25, 0.3) is 0 Å². The van der Waals surface area contributed by atoms with Crippen molar-refractivity contribution in [2.24, 2.45) is 11.1 Å². The molecule has 0 unspecified atom stereocenters. The zero-order valence-electron chi connectivity index (χ0n) is 11.7. The molecular weight excluding hydrogens is 248 g/mol. The van der Waals surface area contributed by atoms with Crippen LogP contribution in [0.25, 0.3) is 0 Å². The smallest absolute Gasteiger partial charge is 0.240 e. The second-order valence-corrected chi connectivity index (χ2v) is 6.75. The average Bonchev–Trinajstić information content (AvgIpc) is 2.25. The molecule has 0 aromatic carbocycles. The molecule has 5 heteroatoms. The molecule has 0 aliphatic heterocycles. The molecule has 0 fully saturated rings. The molecule has 0 amide bonds. The molecule has 0 aromatic heterocycles. The lowest BCUT2D eigenvalue weighted by Gasteiger charge is -2.18. The number of hydrogen-bond acceptors (Lipinski definition) is 3. The summed E-state index contributed by atoms with van der Waals surface area (Å²) in [7, 11) is -3.47. The minimum absolute atomic E-state index is 0.0796. The van der Waals surface area contributed by atoms with E-state index in [1.54, 1.807) is 25.2 Å². The van der Waals surface area contributed by atoms with E-state index in [0.29, 0.717) is 0 Å². The van der Waals surface area contributed by atoms with Gasteiger partial charge in [0.2, 0.25) is 10.0 Å². The lowest BCUT2D eigenvalue weighted by atomic mass is 9.87. The molecule has 0 aromatic rings. The van der Waals surface area contributed by atoms with Crippen LogP contribution in [0.3, 0.4) is 0 Å². The van der Waals surface area contributed by atoms with Crippen LogP contribution in [-0.4, -0.2) is 21.5 Å². The Hall–Kier alpha value is -0.910. The minimum atomic E-state index is -3.47. The van der Waals surface area contributed by atoms with E-state index in [4.69, 9.17) is 5.73 Å². The lowest BCUT2D eigenvalue weighted by Crippen LogP contribution is -2.29. The maximum atomic E-state index is 11.9. The normalized spacial score (nSPS) is 14.2. The zero-order valence-corrected chi connectivity index (χ0v) is 12.5. The highest BCUT2D eigenvalue weighted by molar-refractivity contribution is 7.93. The van der Waals surface area contributed by atoms with Crippen molar-refractivity contribution in [3.8, 4) is 0 Å². The van der Waals surface area contributed by atoms with Crippen LogP contribution < -0.4 is 10.5 Å². The van der Waals surface area contributed by atoms with Crippen molar-refractivity contribution in [1.82, 2.24) is 4.72 Å². The van der Waals surface area contributed by atoms with Crippen LogP contribution in [0.15, 0.2) is 35.3 Å². The van der Waals surface area contributed by atoms with Crippen molar-refractivity contribution >= 4 is 10.0 Å². The third-order valence-corrected chi connectivity index (χ3v) is 4.02. The summed E-state index contributed by atoms with van der Waals surface area (Å²) < 4.78 is 26.2. The van der Waals surface area contributed by atoms with Gasteiger partial charge in [-0.2, -0.15) is 0 Å². The molecule has 0 aliphatic carbocycles. The summed E-state index contributed by atoms with van der Waals surface area (Å²) in [6.45, 7) is 12.2. The van der Waals surface area contributed by atoms with Crippen molar-refractivity contribution in [1.29, 1.82) is 0 Å². The van der Waals surface area contributed by atoms with Crippen LogP contribution >= 0.6 is 0 Å². The van der Waals surface area contributed by atoms with Gasteiger partial charge < -0.3 is 5.73 Å². The van der Waals surface area contributed by atoms with Gasteiger partial charge in [-0.1, -0.05) is 39.5 Å². The predicted octanol–water partition coefficient (Wildman–Crippen LogP) is 1.93. The highest BCUT2D eigenvalue weighted by Gasteiger charge is 2.15. The molecule has 0 saturated carbocycles. The van der Waals surface area contributed by atoms with Gasteiger partial charge in [0.15, 0.2) is 0 Å². The summed E-state index contributed by atoms with van der Waals surface area (Å²) in [5, 5.41) is 0. The monoisotopic (exact) mass is 272 g/mol. The van der Waals surface area contributed by atoms with E-state index in [9.17, 15) is 8.42 Å². The van der Waals surface area contributed by atoms with Gasteiger partial charge in [0.05, 0.1) is 4.91 Å². The average molecular weight is 272 g/mol. The molecule has 0 rings (SSSR count). The summed E-state index contributed by atoms with van der Waals surface area (Å²) in [5.74, 6) is 0. The summed E-state index contributed by atoms with van der Waals surface area (Å²) >= 11 is 0. The highest BCUT2D eigenvalue weighted by atomic mass is 32.2. The SMILES string of the molecule is C=C(/C=C\C(=C/C)S(=O)(=O)NCCN)C(C)(C)C. The van der Waals surface area contributed by atoms with Crippen LogP contribution in [0.1, 0.15) is 27.7 Å². The maximum absolute atomic E-state index is 11.9. The van der Waals surface area contributed by atoms with Crippen molar-refractivity contribution in [3.05, 3.63) is 35.3 Å². The van der Waals surface area contributed by atoms with Crippen LogP contribution in [-0.2, 0) is 10.0 Å². The Balaban J connectivity index is 4.95. The summed E-state index contributed by atoms with van der Waals surface area (Å²) in [6.07, 6.45) is 4.84. The van der Waals surface area contributed by atoms with E-state index < -0.39 is 10.0 Å². The number of nitrogens with two attached hydrogens (primary N) is 1. The quantitative estimate of drug-likeness (QED) is 0.726. The molecule has 18 heavy (non-hydrogen) atoms. The first kappa shape index (κ1) is 17.1. The second-order valence-electron chi connectivity index (χ2n) is 4.99. The van der Waals surface area contributed by atoms with Crippen LogP contribution in [0.2, 0.25) is 0 Å². The van der Waals surface area contributed by atoms with Crippen molar-refractivity contribution in [2.75, 3.05) is 13.1 Å². The molecule has 4 nitrogen and oxygen atoms in total. The molecule has 0 spiro atoms. The Labute approximate surface area is 111 Å². The van der Waals surface area contributed by atoms with E-state index in [0.717, 1.165) is 5.57 Å². The Morgan fingerprint density at radius 2 is 1.89 bits per heavy atom. The fourth-order valence-electron chi connectivity index (χ4n) is 1.05. The number of nitrogens with one attached hydrogen (secondary N) is 1. The molecule has 0 bridgehead atoms. The predicted molar refractivity (Wildman–Crippen MR) is 77.5 cm³/mol. The van der Waals surface area contributed by atoms with Gasteiger partial charge in [-0.25, -0.2) is 13.1 Å². The standard InChI is InChI=1S/C13H24N2O2S/c1-6-12(18(16,17)15-10-9-14)8-7-11(2)13(3,4)5/h6-8,15H,2,9-10,14H2,1,3-5H3/b8-7-,12-6+. The Kier molecular flexibility index (Phi) is 6.52. The van der Waals surface area contributed by atoms with Gasteiger partial charge >= 0.3 is 0 Å². The third-order valence-electron chi connectivity index (χ3n) is 2.44. The van der Waals surface area contributed by atoms with Crippen LogP contribution in [0, 0.1) is 5.41 Å². The minimum Gasteiger partial charge on any atom is -0.329 e. The Bertz CT molecular complexity index is 440. The number of hydrogen-bond donors (Lipinski definition) is 2. The number of sulfonamides is 1. The van der Waals surface area contributed by atoms with Crippen molar-refractivity contribution in [2.45, 2.75) is 27.7 Å². The zero-order chi connectivity index (χ0) is 14.4. The topological polar surface area (TPSA) is 72.2 Å². The summed E-state index contributed by atoms with van der Waals surface area (Å²) in [5.41, 5.74) is 6.07. The first-order valence-corrected chi connectivity index (χ1v) is 7.37. The fourth-order valence-corrected chi connectivity index (χ4v) is 2.16. The van der Waals surface area contributed by atoms with Crippen molar-refractivity contribution in [3.63, 3.8) is 0 Å². The number of allylic oxidation sites excluding steroid dienone is 4. The van der Waals surface area contributed by atoms with Crippen molar-refractivity contribution < 1.29 is 8.42 Å². The molecular formula is C13H24N2O2S. The molecule has 0 saturated heterocycles. The highest BCUT2D eigenvalue weighted by Crippen LogP contribution is 2.25. The molecule has 0 aliphatic rings. The Morgan fingerprint density at radius 3 is 2.28 bits per heavy atom. The van der Waals surface area contributed by atoms with Gasteiger partial charge in [0.1, 0.15) is 0 Å². The molecule has 3 N–H and O–H groups in total. The van der Waals surface area contributed by atoms with Crippen LogP contribution in [0.4, 0.5) is 0 Å². The molecule has 0 radical (unpaired) electrons. The first-order valence-electron chi connectivity index (χ1n) is 5.88. The first-order chi connectivity index (χ1) is 8.15. The van der Waals surface area contributed by atoms with E-state index in [-0.39, 0.29) is 23.4 Å². The third kappa shape index (κ3) is 5.62. The lowest BCUT2D eigenvalue weighted by molar-refractivity contribution is 0.519. The molecule has 104 valence electrons. The maximum Gasteiger partial charge on any atom is 0.240 e. The van der Waals surface area contributed by atoms with Gasteiger partial charge in [-0.05, 0) is 24.0 Å². The molecule has 0 heterocycles. The number of rotatable bonds is 6. The molecule has 0 atom stereocenters. The van der Waals surface area contributed by atoms with E-state index >= 15 is 0 Å². The van der Waals surface area contributed by atoms with Gasteiger partial charge in [0, 0.05) is 13.1 Å². The van der Waals surface area contributed by atoms with E-state index in [1.165, 1.54) is 0 Å². The Morgan fingerprint density at radius 1 is 1.33 bits per heavy atom. The second kappa shape index (κ2) is 6.87. The van der Waals surface area contributed by atoms with Crippen LogP contribution in [0.5, 0.6) is 0 Å². The largest absolute Gasteiger partial charge is 0.329 e.